The van der Waals surface area contributed by atoms with Crippen LogP contribution in [0.15, 0.2) is 0 Å². The number of hydrogen-bond acceptors (Lipinski definition) is 4. The third-order valence-corrected chi connectivity index (χ3v) is 4.61. The van der Waals surface area contributed by atoms with Crippen molar-refractivity contribution in [3.05, 3.63) is 0 Å². The van der Waals surface area contributed by atoms with Gasteiger partial charge in [0.1, 0.15) is 5.54 Å². The van der Waals surface area contributed by atoms with E-state index in [0.717, 1.165) is 30.6 Å². The van der Waals surface area contributed by atoms with Crippen LogP contribution in [-0.2, 0) is 14.4 Å². The minimum Gasteiger partial charge on any atom is -0.479 e. The van der Waals surface area contributed by atoms with Gasteiger partial charge in [-0.3, -0.25) is 14.5 Å². The highest BCUT2D eigenvalue weighted by Crippen LogP contribution is 2.35. The fourth-order valence-corrected chi connectivity index (χ4v) is 3.53. The second-order valence-electron chi connectivity index (χ2n) is 4.87. The minimum atomic E-state index is -1.29. The van der Waals surface area contributed by atoms with E-state index in [4.69, 9.17) is 0 Å². The molecule has 100 valence electrons. The van der Waals surface area contributed by atoms with Gasteiger partial charge in [-0.1, -0.05) is 25.7 Å². The molecule has 0 spiro atoms. The number of aliphatic carboxylic acids is 1. The number of carbonyl (C=O) groups is 3. The molecule has 5 nitrogen and oxygen atoms in total. The summed E-state index contributed by atoms with van der Waals surface area (Å²) in [4.78, 5) is 36.6. The fourth-order valence-electron chi connectivity index (χ4n) is 2.82. The Labute approximate surface area is 110 Å². The third kappa shape index (κ3) is 2.25. The van der Waals surface area contributed by atoms with Crippen molar-refractivity contribution in [3.63, 3.8) is 0 Å². The van der Waals surface area contributed by atoms with Gasteiger partial charge in [0.15, 0.2) is 0 Å². The van der Waals surface area contributed by atoms with Gasteiger partial charge in [-0.05, 0) is 12.8 Å². The summed E-state index contributed by atoms with van der Waals surface area (Å²) in [5.41, 5.74) is -1.29. The molecule has 2 aliphatic rings. The van der Waals surface area contributed by atoms with Crippen molar-refractivity contribution in [2.75, 3.05) is 11.5 Å². The van der Waals surface area contributed by atoms with Crippen molar-refractivity contribution < 1.29 is 19.5 Å². The maximum absolute atomic E-state index is 11.9. The zero-order valence-corrected chi connectivity index (χ0v) is 11.0. The molecule has 0 aromatic rings. The lowest BCUT2D eigenvalue weighted by Gasteiger charge is -2.40. The van der Waals surface area contributed by atoms with Crippen LogP contribution in [0.25, 0.3) is 0 Å². The first-order chi connectivity index (χ1) is 8.58. The summed E-state index contributed by atoms with van der Waals surface area (Å²) in [6.07, 6.45) is 4.25. The van der Waals surface area contributed by atoms with Crippen molar-refractivity contribution in [3.8, 4) is 0 Å². The summed E-state index contributed by atoms with van der Waals surface area (Å²) in [5.74, 6) is -1.30. The Hall–Kier alpha value is -1.04. The molecule has 0 atom stereocenters. The number of carboxylic acids is 1. The molecule has 1 heterocycles. The fraction of sp³-hybridized carbons (Fsp3) is 0.750. The number of amides is 2. The van der Waals surface area contributed by atoms with Crippen LogP contribution in [0.2, 0.25) is 0 Å². The van der Waals surface area contributed by atoms with Crippen molar-refractivity contribution in [1.29, 1.82) is 0 Å². The average molecular weight is 271 g/mol. The van der Waals surface area contributed by atoms with Gasteiger partial charge in [0, 0.05) is 0 Å². The predicted molar refractivity (Wildman–Crippen MR) is 67.2 cm³/mol. The van der Waals surface area contributed by atoms with E-state index in [9.17, 15) is 19.5 Å². The van der Waals surface area contributed by atoms with Gasteiger partial charge in [-0.15, -0.1) is 11.8 Å². The molecule has 18 heavy (non-hydrogen) atoms. The zero-order chi connectivity index (χ0) is 13.2. The molecule has 1 saturated carbocycles. The van der Waals surface area contributed by atoms with Crippen LogP contribution >= 0.6 is 11.8 Å². The molecule has 6 heteroatoms. The molecule has 0 aromatic heterocycles. The van der Waals surface area contributed by atoms with Crippen molar-refractivity contribution in [1.82, 2.24) is 4.90 Å². The standard InChI is InChI=1S/C12H17NO4S/c14-9-7-18-8-10(15)13(9)12(11(16)17)5-3-1-2-4-6-12/h1-8H2,(H,16,17). The molecule has 2 rings (SSSR count). The second-order valence-corrected chi connectivity index (χ2v) is 5.85. The first kappa shape index (κ1) is 13.4. The van der Waals surface area contributed by atoms with Crippen LogP contribution in [0.1, 0.15) is 38.5 Å². The lowest BCUT2D eigenvalue weighted by atomic mass is 9.87. The van der Waals surface area contributed by atoms with Crippen LogP contribution < -0.4 is 0 Å². The number of carboxylic acid groups (broad SMARTS) is 1. The minimum absolute atomic E-state index is 0.209. The zero-order valence-electron chi connectivity index (χ0n) is 10.2. The van der Waals surface area contributed by atoms with Crippen LogP contribution in [0.3, 0.4) is 0 Å². The number of thioether (sulfide) groups is 1. The number of imide groups is 1. The van der Waals surface area contributed by atoms with E-state index < -0.39 is 11.5 Å². The van der Waals surface area contributed by atoms with E-state index in [1.54, 1.807) is 0 Å². The van der Waals surface area contributed by atoms with Gasteiger partial charge in [0.2, 0.25) is 11.8 Å². The largest absolute Gasteiger partial charge is 0.479 e. The summed E-state index contributed by atoms with van der Waals surface area (Å²) in [6.45, 7) is 0. The van der Waals surface area contributed by atoms with E-state index in [0.29, 0.717) is 12.8 Å². The summed E-state index contributed by atoms with van der Waals surface area (Å²) < 4.78 is 0. The molecule has 1 saturated heterocycles. The molecule has 0 radical (unpaired) electrons. The van der Waals surface area contributed by atoms with Crippen LogP contribution in [-0.4, -0.2) is 44.8 Å². The highest BCUT2D eigenvalue weighted by Gasteiger charge is 2.50. The third-order valence-electron chi connectivity index (χ3n) is 3.71. The van der Waals surface area contributed by atoms with Crippen LogP contribution in [0.5, 0.6) is 0 Å². The summed E-state index contributed by atoms with van der Waals surface area (Å²) >= 11 is 1.26. The van der Waals surface area contributed by atoms with E-state index in [-0.39, 0.29) is 23.3 Å². The quantitative estimate of drug-likeness (QED) is 0.604. The predicted octanol–water partition coefficient (Wildman–Crippen LogP) is 1.27. The van der Waals surface area contributed by atoms with E-state index >= 15 is 0 Å². The number of nitrogens with zero attached hydrogens (tertiary/aromatic N) is 1. The lowest BCUT2D eigenvalue weighted by molar-refractivity contribution is -0.166. The van der Waals surface area contributed by atoms with Crippen molar-refractivity contribution in [2.45, 2.75) is 44.1 Å². The topological polar surface area (TPSA) is 74.7 Å². The second kappa shape index (κ2) is 5.30. The molecule has 0 bridgehead atoms. The Morgan fingerprint density at radius 2 is 1.56 bits per heavy atom. The molecular weight excluding hydrogens is 254 g/mol. The average Bonchev–Trinajstić information content (AvgIpc) is 2.55. The Morgan fingerprint density at radius 1 is 1.06 bits per heavy atom. The molecule has 0 aromatic carbocycles. The Balaban J connectivity index is 2.35. The van der Waals surface area contributed by atoms with Gasteiger partial charge in [-0.25, -0.2) is 4.79 Å². The molecule has 1 aliphatic heterocycles. The summed E-state index contributed by atoms with van der Waals surface area (Å²) in [6, 6.07) is 0. The monoisotopic (exact) mass is 271 g/mol. The molecule has 1 aliphatic carbocycles. The van der Waals surface area contributed by atoms with E-state index in [1.807, 2.05) is 0 Å². The normalized spacial score (nSPS) is 24.8. The summed E-state index contributed by atoms with van der Waals surface area (Å²) in [5, 5.41) is 9.55. The van der Waals surface area contributed by atoms with Crippen molar-refractivity contribution in [2.24, 2.45) is 0 Å². The Kier molecular flexibility index (Phi) is 3.94. The molecule has 2 fully saturated rings. The van der Waals surface area contributed by atoms with E-state index in [1.165, 1.54) is 11.8 Å². The maximum Gasteiger partial charge on any atom is 0.330 e. The van der Waals surface area contributed by atoms with Crippen LogP contribution in [0.4, 0.5) is 0 Å². The number of rotatable bonds is 2. The molecule has 1 N–H and O–H groups in total. The highest BCUT2D eigenvalue weighted by atomic mass is 32.2. The first-order valence-corrected chi connectivity index (χ1v) is 7.40. The van der Waals surface area contributed by atoms with Gasteiger partial charge in [0.25, 0.3) is 0 Å². The first-order valence-electron chi connectivity index (χ1n) is 6.25. The molecule has 2 amide bonds. The number of hydrogen-bond donors (Lipinski definition) is 1. The lowest BCUT2D eigenvalue weighted by Crippen LogP contribution is -2.61. The van der Waals surface area contributed by atoms with Crippen LogP contribution in [0, 0.1) is 0 Å². The van der Waals surface area contributed by atoms with Gasteiger partial charge < -0.3 is 5.11 Å². The Morgan fingerprint density at radius 3 is 2.00 bits per heavy atom. The molecule has 0 unspecified atom stereocenters. The van der Waals surface area contributed by atoms with Gasteiger partial charge in [0.05, 0.1) is 11.5 Å². The molecular formula is C12H17NO4S. The number of carbonyl (C=O) groups excluding carboxylic acids is 2. The van der Waals surface area contributed by atoms with Gasteiger partial charge in [-0.2, -0.15) is 0 Å². The maximum atomic E-state index is 11.9. The van der Waals surface area contributed by atoms with E-state index in [2.05, 4.69) is 0 Å². The SMILES string of the molecule is O=C1CSCC(=O)N1C1(C(=O)O)CCCCCC1. The summed E-state index contributed by atoms with van der Waals surface area (Å²) in [7, 11) is 0. The van der Waals surface area contributed by atoms with Crippen molar-refractivity contribution >= 4 is 29.5 Å². The Bertz CT molecular complexity index is 358. The highest BCUT2D eigenvalue weighted by molar-refractivity contribution is 8.00. The smallest absolute Gasteiger partial charge is 0.330 e. The van der Waals surface area contributed by atoms with Gasteiger partial charge >= 0.3 is 5.97 Å².